The summed E-state index contributed by atoms with van der Waals surface area (Å²) < 4.78 is 0. The molecule has 0 aliphatic heterocycles. The van der Waals surface area contributed by atoms with E-state index in [0.717, 1.165) is 0 Å². The van der Waals surface area contributed by atoms with E-state index in [1.54, 1.807) is 0 Å². The second kappa shape index (κ2) is 102. The van der Waals surface area contributed by atoms with Crippen molar-refractivity contribution in [1.29, 1.82) is 0 Å². The van der Waals surface area contributed by atoms with Gasteiger partial charge in [0, 0.05) is 0 Å². The minimum atomic E-state index is 0. The van der Waals surface area contributed by atoms with Crippen LogP contribution in [0.15, 0.2) is 0 Å². The third-order valence-electron chi connectivity index (χ3n) is 0. The van der Waals surface area contributed by atoms with Crippen LogP contribution in [0, 0.1) is 0 Å². The van der Waals surface area contributed by atoms with Crippen molar-refractivity contribution in [1.82, 2.24) is 0 Å². The molecule has 0 bridgehead atoms. The second-order valence-corrected chi connectivity index (χ2v) is 0. The van der Waals surface area contributed by atoms with Gasteiger partial charge >= 0.3 is 186 Å². The summed E-state index contributed by atoms with van der Waals surface area (Å²) >= 11 is 0. The van der Waals surface area contributed by atoms with E-state index in [2.05, 4.69) is 0 Å². The van der Waals surface area contributed by atoms with Gasteiger partial charge in [-0.15, -0.1) is 0 Å². The minimum absolute atomic E-state index is 0. The predicted molar refractivity (Wildman–Crippen MR) is 26.4 cm³/mol. The molecule has 62 valence electrons. The first kappa shape index (κ1) is 124. The largest absolute Gasteiger partial charge is 2.00 e. The first-order chi connectivity index (χ1) is 0. The summed E-state index contributed by atoms with van der Waals surface area (Å²) in [7, 11) is 0. The molecule has 0 aromatic carbocycles. The van der Waals surface area contributed by atoms with Gasteiger partial charge in [0.05, 0.1) is 0 Å². The Kier molecular flexibility index (Phi) is 1160. The molecule has 11 heavy (non-hydrogen) atoms. The summed E-state index contributed by atoms with van der Waals surface area (Å²) in [5, 5.41) is 0. The molecule has 0 aliphatic rings. The first-order valence-corrected chi connectivity index (χ1v) is 0. The summed E-state index contributed by atoms with van der Waals surface area (Å²) in [4.78, 5) is 0. The molecular weight excluding hydrogens is 891 g/mol. The van der Waals surface area contributed by atoms with Gasteiger partial charge in [0.15, 0.2) is 0 Å². The predicted octanol–water partition coefficient (Wildman–Crippen LogP) is -2.12. The summed E-state index contributed by atoms with van der Waals surface area (Å²) in [5.41, 5.74) is 0. The van der Waals surface area contributed by atoms with Crippen LogP contribution in [0.25, 0.3) is 0 Å². The Balaban J connectivity index is 0. The van der Waals surface area contributed by atoms with Crippen LogP contribution in [0.2, 0.25) is 0 Å². The minimum Gasteiger partial charge on any atom is -2.00 e. The zero-order chi connectivity index (χ0) is 0. The third kappa shape index (κ3) is 89.1. The quantitative estimate of drug-likeness (QED) is 0.246. The average Bonchev–Trinajstić information content (AvgIpc) is 0. The fraction of sp³-hybridized carbons (Fsp3) is 0. The summed E-state index contributed by atoms with van der Waals surface area (Å²) in [6.07, 6.45) is 0. The van der Waals surface area contributed by atoms with Gasteiger partial charge in [0.25, 0.3) is 0 Å². The summed E-state index contributed by atoms with van der Waals surface area (Å²) in [6, 6.07) is 0. The van der Waals surface area contributed by atoms with Gasteiger partial charge in [-0.1, -0.05) is 0 Å². The molecule has 0 aliphatic carbocycles. The van der Waals surface area contributed by atoms with Gasteiger partial charge in [-0.2, -0.15) is 0 Å². The zero-order valence-corrected chi connectivity index (χ0v) is 25.0. The SMILES string of the molecule is [Ba+2].[Ba+2].[Cu+2].[Cu+2].[O-2].[O-2].[O-2].[O-2].[O-2].[Tl+].[Tl+]. The van der Waals surface area contributed by atoms with Gasteiger partial charge in [-0.3, -0.25) is 0 Å². The number of hydrogen-bond acceptors (Lipinski definition) is 0. The maximum atomic E-state index is 0. The molecule has 0 atom stereocenters. The number of rotatable bonds is 0. The van der Waals surface area contributed by atoms with Crippen LogP contribution >= 0.6 is 0 Å². The molecule has 5 nitrogen and oxygen atoms in total. The molecule has 0 saturated heterocycles. The van der Waals surface area contributed by atoms with Crippen molar-refractivity contribution >= 4 is 152 Å². The Morgan fingerprint density at radius 2 is 0.364 bits per heavy atom. The average molecular weight is 891 g/mol. The van der Waals surface area contributed by atoms with E-state index < -0.39 is 0 Å². The standard InChI is InChI=1S/2Ba.2Cu.5O.2Tl/q4*+2;5*-2;2*+1. The Hall–Kier alpha value is 5.83. The van der Waals surface area contributed by atoms with Crippen LogP contribution < -0.4 is 0 Å². The second-order valence-electron chi connectivity index (χ2n) is 0. The Labute approximate surface area is 208 Å². The van der Waals surface area contributed by atoms with Crippen molar-refractivity contribution in [2.24, 2.45) is 0 Å². The molecule has 11 heteroatoms. The Morgan fingerprint density at radius 3 is 0.364 bits per heavy atom. The third-order valence-corrected chi connectivity index (χ3v) is 0. The van der Waals surface area contributed by atoms with Crippen molar-refractivity contribution in [2.45, 2.75) is 0 Å². The maximum Gasteiger partial charge on any atom is 2.00 e. The van der Waals surface area contributed by atoms with Crippen LogP contribution in [0.3, 0.4) is 0 Å². The summed E-state index contributed by atoms with van der Waals surface area (Å²) in [5.74, 6) is 0. The van der Waals surface area contributed by atoms with Gasteiger partial charge in [-0.25, -0.2) is 0 Å². The van der Waals surface area contributed by atoms with E-state index in [-0.39, 0.29) is 214 Å². The molecule has 0 aromatic heterocycles. The molecule has 0 saturated carbocycles. The van der Waals surface area contributed by atoms with Gasteiger partial charge in [0.2, 0.25) is 0 Å². The van der Waals surface area contributed by atoms with E-state index in [9.17, 15) is 0 Å². The fourth-order valence-electron chi connectivity index (χ4n) is 0. The van der Waals surface area contributed by atoms with Crippen LogP contribution in [0.4, 0.5) is 0 Å². The molecular formula is Ba2Cu2O5Tl2. The fourth-order valence-corrected chi connectivity index (χ4v) is 0. The van der Waals surface area contributed by atoms with E-state index in [4.69, 9.17) is 0 Å². The molecule has 0 amide bonds. The van der Waals surface area contributed by atoms with Crippen molar-refractivity contribution < 1.29 is 61.5 Å². The molecule has 2 radical (unpaired) electrons. The van der Waals surface area contributed by atoms with Crippen molar-refractivity contribution in [2.75, 3.05) is 0 Å². The van der Waals surface area contributed by atoms with E-state index in [1.165, 1.54) is 0 Å². The summed E-state index contributed by atoms with van der Waals surface area (Å²) in [6.45, 7) is 0. The molecule has 0 aromatic rings. The van der Waals surface area contributed by atoms with E-state index in [1.807, 2.05) is 0 Å². The van der Waals surface area contributed by atoms with Crippen LogP contribution in [-0.4, -0.2) is 152 Å². The van der Waals surface area contributed by atoms with Crippen molar-refractivity contribution in [3.05, 3.63) is 0 Å². The zero-order valence-electron chi connectivity index (χ0n) is 5.21. The van der Waals surface area contributed by atoms with Gasteiger partial charge in [0.1, 0.15) is 0 Å². The Morgan fingerprint density at radius 1 is 0.364 bits per heavy atom. The molecule has 0 heterocycles. The van der Waals surface area contributed by atoms with Crippen LogP contribution in [-0.2, 0) is 61.5 Å². The molecule has 0 unspecified atom stereocenters. The van der Waals surface area contributed by atoms with Crippen LogP contribution in [0.1, 0.15) is 0 Å². The van der Waals surface area contributed by atoms with Crippen LogP contribution in [0.5, 0.6) is 0 Å². The molecule has 0 rings (SSSR count). The van der Waals surface area contributed by atoms with Crippen molar-refractivity contribution in [3.63, 3.8) is 0 Å². The van der Waals surface area contributed by atoms with Gasteiger partial charge in [-0.05, 0) is 0 Å². The topological polar surface area (TPSA) is 142 Å². The first-order valence-electron chi connectivity index (χ1n) is 0. The number of hydrogen-bond donors (Lipinski definition) is 0. The van der Waals surface area contributed by atoms with Gasteiger partial charge < -0.3 is 27.4 Å². The Bertz CT molecular complexity index is 20.4. The maximum absolute atomic E-state index is 0. The molecule has 0 spiro atoms. The smallest absolute Gasteiger partial charge is 2.00 e. The normalized spacial score (nSPS) is 0. The monoisotopic (exact) mass is 892 g/mol. The van der Waals surface area contributed by atoms with E-state index >= 15 is 0 Å². The van der Waals surface area contributed by atoms with E-state index in [0.29, 0.717) is 0 Å². The molecule has 0 N–H and O–H groups in total. The van der Waals surface area contributed by atoms with Crippen molar-refractivity contribution in [3.8, 4) is 0 Å². The molecule has 0 fully saturated rings.